The average Bonchev–Trinajstić information content (AvgIpc) is 2.48. The van der Waals surface area contributed by atoms with E-state index in [1.165, 1.54) is 14.2 Å². The molecule has 0 aliphatic heterocycles. The molecule has 0 amide bonds. The topological polar surface area (TPSA) is 61.8 Å². The highest BCUT2D eigenvalue weighted by molar-refractivity contribution is 6.00. The second-order valence-electron chi connectivity index (χ2n) is 4.08. The van der Waals surface area contributed by atoms with E-state index in [2.05, 4.69) is 11.8 Å². The lowest BCUT2D eigenvalue weighted by Gasteiger charge is -2.24. The van der Waals surface area contributed by atoms with Crippen molar-refractivity contribution in [3.63, 3.8) is 0 Å². The second-order valence-corrected chi connectivity index (χ2v) is 4.08. The monoisotopic (exact) mass is 282 g/mol. The van der Waals surface area contributed by atoms with Crippen LogP contribution < -0.4 is 0 Å². The average molecular weight is 282 g/mol. The molecule has 0 aliphatic carbocycles. The van der Waals surface area contributed by atoms with Crippen LogP contribution in [0.25, 0.3) is 0 Å². The number of hydrogen-bond donors (Lipinski definition) is 0. The summed E-state index contributed by atoms with van der Waals surface area (Å²) >= 11 is 0. The van der Waals surface area contributed by atoms with Gasteiger partial charge < -0.3 is 14.2 Å². The SMILES string of the molecule is CCC#CCC(C/C=C\COC)(C(=O)OC)C(=O)OC. The minimum atomic E-state index is -1.42. The molecule has 5 heteroatoms. The summed E-state index contributed by atoms with van der Waals surface area (Å²) in [6.45, 7) is 2.29. The van der Waals surface area contributed by atoms with Crippen LogP contribution in [0.4, 0.5) is 0 Å². The fourth-order valence-corrected chi connectivity index (χ4v) is 1.64. The second kappa shape index (κ2) is 10.0. The van der Waals surface area contributed by atoms with Crippen molar-refractivity contribution in [3.8, 4) is 11.8 Å². The highest BCUT2D eigenvalue weighted by atomic mass is 16.5. The van der Waals surface area contributed by atoms with Crippen molar-refractivity contribution in [2.45, 2.75) is 26.2 Å². The molecule has 0 radical (unpaired) electrons. The zero-order chi connectivity index (χ0) is 15.4. The number of esters is 2. The third-order valence-electron chi connectivity index (χ3n) is 2.74. The molecule has 0 saturated carbocycles. The van der Waals surface area contributed by atoms with Crippen molar-refractivity contribution in [2.75, 3.05) is 27.9 Å². The molecule has 5 nitrogen and oxygen atoms in total. The molecule has 0 bridgehead atoms. The lowest BCUT2D eigenvalue weighted by molar-refractivity contribution is -0.168. The summed E-state index contributed by atoms with van der Waals surface area (Å²) in [4.78, 5) is 24.1. The van der Waals surface area contributed by atoms with Gasteiger partial charge in [0.15, 0.2) is 5.41 Å². The molecule has 0 saturated heterocycles. The van der Waals surface area contributed by atoms with Gasteiger partial charge in [0.2, 0.25) is 0 Å². The highest BCUT2D eigenvalue weighted by Gasteiger charge is 2.47. The number of hydrogen-bond acceptors (Lipinski definition) is 5. The van der Waals surface area contributed by atoms with Crippen LogP contribution in [0.1, 0.15) is 26.2 Å². The van der Waals surface area contributed by atoms with Gasteiger partial charge in [-0.3, -0.25) is 9.59 Å². The minimum absolute atomic E-state index is 0.0670. The molecule has 0 aromatic rings. The van der Waals surface area contributed by atoms with Gasteiger partial charge in [0.25, 0.3) is 0 Å². The van der Waals surface area contributed by atoms with E-state index < -0.39 is 17.4 Å². The first-order valence-corrected chi connectivity index (χ1v) is 6.35. The number of allylic oxidation sites excluding steroid dienone is 1. The van der Waals surface area contributed by atoms with Crippen molar-refractivity contribution < 1.29 is 23.8 Å². The Labute approximate surface area is 120 Å². The van der Waals surface area contributed by atoms with Gasteiger partial charge in [-0.05, 0) is 6.42 Å². The number of methoxy groups -OCH3 is 3. The molecule has 0 unspecified atom stereocenters. The largest absolute Gasteiger partial charge is 0.468 e. The van der Waals surface area contributed by atoms with Gasteiger partial charge in [0.05, 0.1) is 20.8 Å². The Morgan fingerprint density at radius 2 is 1.65 bits per heavy atom. The standard InChI is InChI=1S/C15H22O5/c1-5-6-7-10-15(13(16)19-3,14(17)20-4)11-8-9-12-18-2/h8-9H,5,10-12H2,1-4H3/b9-8-. The van der Waals surface area contributed by atoms with Crippen LogP contribution in [0.15, 0.2) is 12.2 Å². The Morgan fingerprint density at radius 1 is 1.05 bits per heavy atom. The molecule has 0 aliphatic rings. The smallest absolute Gasteiger partial charge is 0.324 e. The summed E-state index contributed by atoms with van der Waals surface area (Å²) in [6.07, 6.45) is 4.31. The van der Waals surface area contributed by atoms with Crippen LogP contribution in [0, 0.1) is 17.3 Å². The number of ether oxygens (including phenoxy) is 3. The third-order valence-corrected chi connectivity index (χ3v) is 2.74. The first kappa shape index (κ1) is 18.2. The third kappa shape index (κ3) is 5.06. The summed E-state index contributed by atoms with van der Waals surface area (Å²) in [7, 11) is 4.04. The Kier molecular flexibility index (Phi) is 9.14. The van der Waals surface area contributed by atoms with E-state index in [0.29, 0.717) is 13.0 Å². The van der Waals surface area contributed by atoms with E-state index in [-0.39, 0.29) is 12.8 Å². The Balaban J connectivity index is 5.31. The van der Waals surface area contributed by atoms with Crippen molar-refractivity contribution >= 4 is 11.9 Å². The van der Waals surface area contributed by atoms with Gasteiger partial charge in [0, 0.05) is 20.0 Å². The molecule has 0 aromatic heterocycles. The maximum absolute atomic E-state index is 12.0. The Bertz CT molecular complexity index is 384. The molecule has 0 atom stereocenters. The molecule has 0 rings (SSSR count). The van der Waals surface area contributed by atoms with Crippen LogP contribution in [0.3, 0.4) is 0 Å². The summed E-state index contributed by atoms with van der Waals surface area (Å²) in [5.41, 5.74) is -1.42. The lowest BCUT2D eigenvalue weighted by Crippen LogP contribution is -2.40. The maximum Gasteiger partial charge on any atom is 0.324 e. The lowest BCUT2D eigenvalue weighted by atomic mass is 9.81. The Hall–Kier alpha value is -1.80. The Morgan fingerprint density at radius 3 is 2.10 bits per heavy atom. The number of carbonyl (C=O) groups is 2. The zero-order valence-electron chi connectivity index (χ0n) is 12.5. The summed E-state index contributed by atoms with van der Waals surface area (Å²) in [5, 5.41) is 0. The van der Waals surface area contributed by atoms with Crippen molar-refractivity contribution in [3.05, 3.63) is 12.2 Å². The van der Waals surface area contributed by atoms with Crippen LogP contribution in [-0.2, 0) is 23.8 Å². The molecular formula is C15H22O5. The van der Waals surface area contributed by atoms with Crippen molar-refractivity contribution in [1.82, 2.24) is 0 Å². The van der Waals surface area contributed by atoms with E-state index in [1.807, 2.05) is 6.92 Å². The van der Waals surface area contributed by atoms with Crippen molar-refractivity contribution in [1.29, 1.82) is 0 Å². The van der Waals surface area contributed by atoms with Gasteiger partial charge in [0.1, 0.15) is 0 Å². The molecule has 0 heterocycles. The van der Waals surface area contributed by atoms with Gasteiger partial charge in [-0.1, -0.05) is 19.1 Å². The molecular weight excluding hydrogens is 260 g/mol. The van der Waals surface area contributed by atoms with Crippen LogP contribution in [0.5, 0.6) is 0 Å². The summed E-state index contributed by atoms with van der Waals surface area (Å²) in [5.74, 6) is 4.40. The minimum Gasteiger partial charge on any atom is -0.468 e. The van der Waals surface area contributed by atoms with Gasteiger partial charge in [-0.25, -0.2) is 0 Å². The van der Waals surface area contributed by atoms with Crippen LogP contribution in [-0.4, -0.2) is 39.9 Å². The molecule has 0 spiro atoms. The predicted octanol–water partition coefficient (Wildman–Crippen LogP) is 1.71. The number of rotatable bonds is 7. The first-order chi connectivity index (χ1) is 9.58. The van der Waals surface area contributed by atoms with Gasteiger partial charge >= 0.3 is 11.9 Å². The van der Waals surface area contributed by atoms with Crippen LogP contribution >= 0.6 is 0 Å². The summed E-state index contributed by atoms with van der Waals surface area (Å²) < 4.78 is 14.4. The summed E-state index contributed by atoms with van der Waals surface area (Å²) in [6, 6.07) is 0. The predicted molar refractivity (Wildman–Crippen MR) is 74.8 cm³/mol. The fourth-order valence-electron chi connectivity index (χ4n) is 1.64. The highest BCUT2D eigenvalue weighted by Crippen LogP contribution is 2.30. The quantitative estimate of drug-likeness (QED) is 0.308. The molecule has 20 heavy (non-hydrogen) atoms. The first-order valence-electron chi connectivity index (χ1n) is 6.35. The molecule has 0 N–H and O–H groups in total. The fraction of sp³-hybridized carbons (Fsp3) is 0.600. The molecule has 112 valence electrons. The van der Waals surface area contributed by atoms with E-state index >= 15 is 0 Å². The molecule has 0 aromatic carbocycles. The van der Waals surface area contributed by atoms with Crippen molar-refractivity contribution in [2.24, 2.45) is 5.41 Å². The zero-order valence-corrected chi connectivity index (χ0v) is 12.5. The maximum atomic E-state index is 12.0. The molecule has 0 fully saturated rings. The van der Waals surface area contributed by atoms with E-state index in [1.54, 1.807) is 19.3 Å². The van der Waals surface area contributed by atoms with Gasteiger partial charge in [-0.15, -0.1) is 11.8 Å². The van der Waals surface area contributed by atoms with E-state index in [9.17, 15) is 9.59 Å². The van der Waals surface area contributed by atoms with E-state index in [4.69, 9.17) is 14.2 Å². The normalized spacial score (nSPS) is 10.8. The van der Waals surface area contributed by atoms with E-state index in [0.717, 1.165) is 0 Å². The van der Waals surface area contributed by atoms with Gasteiger partial charge in [-0.2, -0.15) is 0 Å². The van der Waals surface area contributed by atoms with Crippen LogP contribution in [0.2, 0.25) is 0 Å². The number of carbonyl (C=O) groups excluding carboxylic acids is 2.